The number of aliphatic hydroxyl groups is 6. The van der Waals surface area contributed by atoms with Crippen LogP contribution < -0.4 is 0 Å². The Morgan fingerprint density at radius 1 is 1.00 bits per heavy atom. The number of hydrogen-bond acceptors (Lipinski definition) is 11. The first kappa shape index (κ1) is 23.3. The third kappa shape index (κ3) is 5.68. The van der Waals surface area contributed by atoms with Gasteiger partial charge < -0.3 is 39.8 Å². The zero-order valence-corrected chi connectivity index (χ0v) is 16.9. The zero-order chi connectivity index (χ0) is 23.0. The van der Waals surface area contributed by atoms with Crippen LogP contribution in [0.2, 0.25) is 10.0 Å². The maximum Gasteiger partial charge on any atom is 0.352 e. The van der Waals surface area contributed by atoms with Crippen LogP contribution in [-0.2, 0) is 4.74 Å². The van der Waals surface area contributed by atoms with Crippen molar-refractivity contribution >= 4 is 40.3 Å². The van der Waals surface area contributed by atoms with Crippen molar-refractivity contribution in [2.45, 2.75) is 12.2 Å². The van der Waals surface area contributed by atoms with Crippen molar-refractivity contribution in [2.24, 2.45) is 0 Å². The molecule has 0 bridgehead atoms. The Morgan fingerprint density at radius 2 is 1.61 bits per heavy atom. The van der Waals surface area contributed by atoms with Gasteiger partial charge in [-0.1, -0.05) is 23.2 Å². The van der Waals surface area contributed by atoms with E-state index >= 15 is 0 Å². The van der Waals surface area contributed by atoms with Crippen LogP contribution in [-0.4, -0.2) is 71.8 Å². The van der Waals surface area contributed by atoms with Gasteiger partial charge in [0.15, 0.2) is 5.58 Å². The van der Waals surface area contributed by atoms with E-state index in [0.717, 1.165) is 0 Å². The van der Waals surface area contributed by atoms with E-state index in [0.29, 0.717) is 21.1 Å². The number of nitrogens with zero attached hydrogens (tertiary/aromatic N) is 2. The van der Waals surface area contributed by atoms with Crippen LogP contribution in [0.5, 0.6) is 0 Å². The number of fused-ring (bicyclic) bond motifs is 1. The molecule has 0 amide bonds. The summed E-state index contributed by atoms with van der Waals surface area (Å²) < 4.78 is 10.5. The van der Waals surface area contributed by atoms with Gasteiger partial charge >= 0.3 is 18.2 Å². The molecule has 1 heterocycles. The number of esters is 1. The summed E-state index contributed by atoms with van der Waals surface area (Å²) in [5.41, 5.74) is 1.25. The molecule has 3 rings (SSSR count). The number of ether oxygens (including phenoxy) is 1. The first-order chi connectivity index (χ1) is 14.3. The van der Waals surface area contributed by atoms with Crippen LogP contribution in [0, 0.1) is 0 Å². The Bertz CT molecular complexity index is 1070. The number of benzene rings is 2. The van der Waals surface area contributed by atoms with E-state index in [1.54, 1.807) is 18.2 Å². The smallest absolute Gasteiger partial charge is 0.352 e. The monoisotopic (exact) mass is 474 g/mol. The molecule has 0 radical (unpaired) electrons. The summed E-state index contributed by atoms with van der Waals surface area (Å²) in [5, 5.41) is 54.9. The number of hydrogen-bond donors (Lipinski definition) is 6. The maximum atomic E-state index is 12.2. The quantitative estimate of drug-likeness (QED) is 0.206. The van der Waals surface area contributed by atoms with E-state index in [1.807, 2.05) is 0 Å². The molecule has 0 aliphatic heterocycles. The lowest BCUT2D eigenvalue weighted by Gasteiger charge is -2.35. The predicted octanol–water partition coefficient (Wildman–Crippen LogP) is 0.437. The highest BCUT2D eigenvalue weighted by atomic mass is 35.5. The highest BCUT2D eigenvalue weighted by Crippen LogP contribution is 2.29. The zero-order valence-electron chi connectivity index (χ0n) is 15.4. The van der Waals surface area contributed by atoms with E-state index in [1.165, 1.54) is 18.2 Å². The molecule has 13 heteroatoms. The van der Waals surface area contributed by atoms with Gasteiger partial charge in [-0.2, -0.15) is 0 Å². The average molecular weight is 475 g/mol. The van der Waals surface area contributed by atoms with Crippen LogP contribution in [0.1, 0.15) is 10.4 Å². The largest absolute Gasteiger partial charge is 0.461 e. The van der Waals surface area contributed by atoms with Crippen LogP contribution in [0.25, 0.3) is 22.6 Å². The SMILES string of the molecule is O=C(OCCN(C(O)(O)O)C(O)(O)O)c1ccc2nc(-c3cc(Cl)cc(Cl)c3)oc2c1. The van der Waals surface area contributed by atoms with E-state index in [2.05, 4.69) is 4.98 Å². The molecule has 0 spiro atoms. The molecule has 2 aromatic carbocycles. The first-order valence-electron chi connectivity index (χ1n) is 8.51. The van der Waals surface area contributed by atoms with Crippen molar-refractivity contribution in [1.29, 1.82) is 0 Å². The molecule has 31 heavy (non-hydrogen) atoms. The summed E-state index contributed by atoms with van der Waals surface area (Å²) in [6, 6.07) is 8.99. The minimum absolute atomic E-state index is 0.0393. The summed E-state index contributed by atoms with van der Waals surface area (Å²) in [7, 11) is 0. The molecule has 0 atom stereocenters. The van der Waals surface area contributed by atoms with Crippen molar-refractivity contribution in [1.82, 2.24) is 9.88 Å². The minimum atomic E-state index is -3.79. The van der Waals surface area contributed by atoms with Gasteiger partial charge in [-0.15, -0.1) is 4.90 Å². The molecular formula is C18H16Cl2N2O9. The topological polar surface area (TPSA) is 177 Å². The van der Waals surface area contributed by atoms with Gasteiger partial charge in [0.25, 0.3) is 0 Å². The van der Waals surface area contributed by atoms with Gasteiger partial charge in [0.2, 0.25) is 5.89 Å². The summed E-state index contributed by atoms with van der Waals surface area (Å²) in [4.78, 5) is 16.2. The van der Waals surface area contributed by atoms with Crippen molar-refractivity contribution in [3.8, 4) is 11.5 Å². The molecule has 0 aliphatic rings. The molecule has 0 unspecified atom stereocenters. The fourth-order valence-electron chi connectivity index (χ4n) is 2.67. The number of aromatic nitrogens is 1. The second kappa shape index (κ2) is 8.67. The molecule has 166 valence electrons. The molecule has 0 fully saturated rings. The van der Waals surface area contributed by atoms with E-state index in [9.17, 15) is 4.79 Å². The van der Waals surface area contributed by atoms with Gasteiger partial charge in [-0.25, -0.2) is 9.78 Å². The predicted molar refractivity (Wildman–Crippen MR) is 105 cm³/mol. The summed E-state index contributed by atoms with van der Waals surface area (Å²) in [6.07, 6.45) is -7.58. The lowest BCUT2D eigenvalue weighted by molar-refractivity contribution is -0.510. The molecule has 0 saturated heterocycles. The normalized spacial score (nSPS) is 12.5. The Balaban J connectivity index is 1.73. The van der Waals surface area contributed by atoms with Gasteiger partial charge in [0, 0.05) is 22.2 Å². The molecule has 11 nitrogen and oxygen atoms in total. The number of carbonyl (C=O) groups excluding carboxylic acids is 1. The Labute approximate surface area is 183 Å². The third-order valence-electron chi connectivity index (χ3n) is 4.01. The highest BCUT2D eigenvalue weighted by Gasteiger charge is 2.43. The minimum Gasteiger partial charge on any atom is -0.461 e. The van der Waals surface area contributed by atoms with Crippen molar-refractivity contribution in [3.05, 3.63) is 52.0 Å². The number of oxazole rings is 1. The fourth-order valence-corrected chi connectivity index (χ4v) is 3.19. The second-order valence-electron chi connectivity index (χ2n) is 6.35. The molecular weight excluding hydrogens is 459 g/mol. The van der Waals surface area contributed by atoms with Crippen molar-refractivity contribution < 1.29 is 44.6 Å². The lowest BCUT2D eigenvalue weighted by Crippen LogP contribution is -2.62. The van der Waals surface area contributed by atoms with Gasteiger partial charge in [-0.3, -0.25) is 0 Å². The maximum absolute atomic E-state index is 12.2. The number of halogens is 2. The number of rotatable bonds is 7. The molecule has 3 aromatic rings. The van der Waals surface area contributed by atoms with Crippen LogP contribution in [0.3, 0.4) is 0 Å². The van der Waals surface area contributed by atoms with E-state index in [4.69, 9.17) is 63.0 Å². The first-order valence-corrected chi connectivity index (χ1v) is 9.26. The molecule has 1 aromatic heterocycles. The van der Waals surface area contributed by atoms with Crippen molar-refractivity contribution in [2.75, 3.05) is 13.2 Å². The highest BCUT2D eigenvalue weighted by molar-refractivity contribution is 6.35. The molecule has 0 saturated carbocycles. The van der Waals surface area contributed by atoms with Gasteiger partial charge in [-0.05, 0) is 36.4 Å². The summed E-state index contributed by atoms with van der Waals surface area (Å²) in [6.45, 7) is -1.52. The third-order valence-corrected chi connectivity index (χ3v) is 4.44. The van der Waals surface area contributed by atoms with Gasteiger partial charge in [0.1, 0.15) is 12.1 Å². The van der Waals surface area contributed by atoms with E-state index < -0.39 is 31.3 Å². The van der Waals surface area contributed by atoms with Crippen LogP contribution in [0.4, 0.5) is 0 Å². The van der Waals surface area contributed by atoms with Crippen LogP contribution >= 0.6 is 23.2 Å². The summed E-state index contributed by atoms with van der Waals surface area (Å²) in [5.74, 6) is -0.666. The Morgan fingerprint density at radius 3 is 2.19 bits per heavy atom. The van der Waals surface area contributed by atoms with Crippen LogP contribution in [0.15, 0.2) is 40.8 Å². The number of carbonyl (C=O) groups is 1. The van der Waals surface area contributed by atoms with E-state index in [-0.39, 0.29) is 21.9 Å². The van der Waals surface area contributed by atoms with Crippen molar-refractivity contribution in [3.63, 3.8) is 0 Å². The van der Waals surface area contributed by atoms with Gasteiger partial charge in [0.05, 0.1) is 5.56 Å². The molecule has 0 aliphatic carbocycles. The molecule has 6 N–H and O–H groups in total. The standard InChI is InChI=1S/C18H16Cl2N2O9/c19-11-5-10(6-12(20)8-11)15-21-13-2-1-9(7-14(13)31-15)16(23)30-4-3-22(17(24,25)26)18(27,28)29/h1-2,5-8,24-29H,3-4H2. The fraction of sp³-hybridized carbons (Fsp3) is 0.222. The lowest BCUT2D eigenvalue weighted by atomic mass is 10.2. The Kier molecular flexibility index (Phi) is 6.53. The second-order valence-corrected chi connectivity index (χ2v) is 7.22. The summed E-state index contributed by atoms with van der Waals surface area (Å²) >= 11 is 12.0. The Hall–Kier alpha value is -2.32. The average Bonchev–Trinajstić information content (AvgIpc) is 3.05.